The summed E-state index contributed by atoms with van der Waals surface area (Å²) in [5, 5.41) is 2.53. The second kappa shape index (κ2) is 10.1. The number of methoxy groups -OCH3 is 2. The van der Waals surface area contributed by atoms with Crippen molar-refractivity contribution in [1.82, 2.24) is 5.32 Å². The first kappa shape index (κ1) is 24.2. The SMILES string of the molecule is CC[C@H](C)[C@@H](NC(=O)OC1C(=O)c2ccc(OC)cc2O[C@@H]1c1ccc2c(c1)OCO2)C(=O)OC. The summed E-state index contributed by atoms with van der Waals surface area (Å²) in [5.41, 5.74) is 0.785. The van der Waals surface area contributed by atoms with E-state index >= 15 is 0 Å². The average Bonchev–Trinajstić information content (AvgIpc) is 3.35. The molecular weight excluding hydrogens is 458 g/mol. The van der Waals surface area contributed by atoms with Gasteiger partial charge in [-0.3, -0.25) is 4.79 Å². The van der Waals surface area contributed by atoms with E-state index in [9.17, 15) is 14.4 Å². The highest BCUT2D eigenvalue weighted by molar-refractivity contribution is 6.04. The second-order valence-corrected chi connectivity index (χ2v) is 8.23. The van der Waals surface area contributed by atoms with Gasteiger partial charge in [0.2, 0.25) is 18.7 Å². The molecule has 0 aromatic heterocycles. The summed E-state index contributed by atoms with van der Waals surface area (Å²) < 4.78 is 32.6. The Balaban J connectivity index is 1.65. The van der Waals surface area contributed by atoms with Crippen molar-refractivity contribution in [1.29, 1.82) is 0 Å². The Morgan fingerprint density at radius 3 is 2.57 bits per heavy atom. The average molecular weight is 485 g/mol. The number of rotatable bonds is 7. The van der Waals surface area contributed by atoms with Crippen molar-refractivity contribution in [3.8, 4) is 23.0 Å². The minimum atomic E-state index is -1.33. The molecule has 35 heavy (non-hydrogen) atoms. The Morgan fingerprint density at radius 2 is 1.86 bits per heavy atom. The van der Waals surface area contributed by atoms with Gasteiger partial charge in [0.05, 0.1) is 19.8 Å². The van der Waals surface area contributed by atoms with Crippen molar-refractivity contribution in [2.45, 2.75) is 38.5 Å². The molecule has 1 N–H and O–H groups in total. The standard InChI is InChI=1S/C25H27NO9/c1-5-13(2)20(24(28)31-4)26-25(29)35-23-21(27)16-8-7-15(30-3)11-18(16)34-22(23)14-6-9-17-19(10-14)33-12-32-17/h6-11,13,20,22-23H,5,12H2,1-4H3,(H,26,29)/t13-,20+,22+,23?/m0/s1. The van der Waals surface area contributed by atoms with E-state index in [0.717, 1.165) is 0 Å². The van der Waals surface area contributed by atoms with Crippen molar-refractivity contribution in [3.05, 3.63) is 47.5 Å². The minimum Gasteiger partial charge on any atom is -0.497 e. The highest BCUT2D eigenvalue weighted by Crippen LogP contribution is 2.41. The lowest BCUT2D eigenvalue weighted by molar-refractivity contribution is -0.144. The molecule has 1 unspecified atom stereocenters. The molecule has 2 aliphatic heterocycles. The number of Topliss-reactive ketones (excluding diaryl/α,β-unsaturated/α-hetero) is 1. The fourth-order valence-electron chi connectivity index (χ4n) is 3.94. The van der Waals surface area contributed by atoms with Gasteiger partial charge in [0.25, 0.3) is 0 Å². The number of nitrogens with one attached hydrogen (secondary N) is 1. The van der Waals surface area contributed by atoms with Crippen molar-refractivity contribution >= 4 is 17.8 Å². The number of esters is 1. The van der Waals surface area contributed by atoms with Gasteiger partial charge in [0, 0.05) is 11.6 Å². The van der Waals surface area contributed by atoms with Crippen LogP contribution in [-0.4, -0.2) is 51.0 Å². The van der Waals surface area contributed by atoms with Crippen molar-refractivity contribution in [2.75, 3.05) is 21.0 Å². The Kier molecular flexibility index (Phi) is 6.99. The Morgan fingerprint density at radius 1 is 1.09 bits per heavy atom. The largest absolute Gasteiger partial charge is 0.497 e. The Labute approximate surface area is 202 Å². The van der Waals surface area contributed by atoms with E-state index in [2.05, 4.69) is 5.32 Å². The van der Waals surface area contributed by atoms with E-state index < -0.39 is 36.1 Å². The van der Waals surface area contributed by atoms with Crippen LogP contribution in [-0.2, 0) is 14.3 Å². The number of benzene rings is 2. The molecule has 0 spiro atoms. The molecule has 10 heteroatoms. The number of carbonyl (C=O) groups is 3. The minimum absolute atomic E-state index is 0.0795. The van der Waals surface area contributed by atoms with Gasteiger partial charge in [-0.05, 0) is 30.2 Å². The van der Waals surface area contributed by atoms with Gasteiger partial charge in [0.1, 0.15) is 17.5 Å². The normalized spacial score (nSPS) is 19.6. The number of alkyl carbamates (subject to hydrolysis) is 1. The van der Waals surface area contributed by atoms with Gasteiger partial charge in [0.15, 0.2) is 17.6 Å². The summed E-state index contributed by atoms with van der Waals surface area (Å²) in [6.07, 6.45) is -2.64. The predicted molar refractivity (Wildman–Crippen MR) is 122 cm³/mol. The quantitative estimate of drug-likeness (QED) is 0.589. The van der Waals surface area contributed by atoms with Gasteiger partial charge in [-0.15, -0.1) is 0 Å². The maximum atomic E-state index is 13.5. The van der Waals surface area contributed by atoms with E-state index in [1.807, 2.05) is 6.92 Å². The highest BCUT2D eigenvalue weighted by Gasteiger charge is 2.42. The maximum absolute atomic E-state index is 13.5. The van der Waals surface area contributed by atoms with Crippen LogP contribution in [0.1, 0.15) is 42.3 Å². The molecule has 0 saturated heterocycles. The van der Waals surface area contributed by atoms with Crippen LogP contribution in [0.4, 0.5) is 4.79 Å². The van der Waals surface area contributed by atoms with Gasteiger partial charge < -0.3 is 33.7 Å². The van der Waals surface area contributed by atoms with Crippen LogP contribution in [0.3, 0.4) is 0 Å². The summed E-state index contributed by atoms with van der Waals surface area (Å²) in [4.78, 5) is 38.5. The molecule has 4 atom stereocenters. The van der Waals surface area contributed by atoms with Crippen LogP contribution in [0.25, 0.3) is 0 Å². The first-order valence-electron chi connectivity index (χ1n) is 11.2. The lowest BCUT2D eigenvalue weighted by atomic mass is 9.93. The molecule has 0 bridgehead atoms. The topological polar surface area (TPSA) is 119 Å². The highest BCUT2D eigenvalue weighted by atomic mass is 16.7. The number of carbonyl (C=O) groups excluding carboxylic acids is 3. The first-order chi connectivity index (χ1) is 16.9. The van der Waals surface area contributed by atoms with Crippen LogP contribution in [0.15, 0.2) is 36.4 Å². The molecule has 2 heterocycles. The number of amides is 1. The van der Waals surface area contributed by atoms with Crippen molar-refractivity contribution in [2.24, 2.45) is 5.92 Å². The van der Waals surface area contributed by atoms with Crippen molar-refractivity contribution < 1.29 is 42.8 Å². The number of hydrogen-bond acceptors (Lipinski definition) is 9. The van der Waals surface area contributed by atoms with E-state index in [0.29, 0.717) is 35.0 Å². The Hall–Kier alpha value is -3.95. The van der Waals surface area contributed by atoms with Crippen LogP contribution in [0.5, 0.6) is 23.0 Å². The third-order valence-corrected chi connectivity index (χ3v) is 6.14. The molecule has 0 aliphatic carbocycles. The smallest absolute Gasteiger partial charge is 0.408 e. The van der Waals surface area contributed by atoms with E-state index in [-0.39, 0.29) is 18.3 Å². The molecule has 2 aromatic rings. The third-order valence-electron chi connectivity index (χ3n) is 6.14. The fraction of sp³-hybridized carbons (Fsp3) is 0.400. The second-order valence-electron chi connectivity index (χ2n) is 8.23. The first-order valence-corrected chi connectivity index (χ1v) is 11.2. The number of fused-ring (bicyclic) bond motifs is 2. The molecule has 2 aliphatic rings. The van der Waals surface area contributed by atoms with Crippen LogP contribution in [0, 0.1) is 5.92 Å². The molecule has 0 radical (unpaired) electrons. The maximum Gasteiger partial charge on any atom is 0.408 e. The third kappa shape index (κ3) is 4.82. The summed E-state index contributed by atoms with van der Waals surface area (Å²) in [7, 11) is 2.75. The lowest BCUT2D eigenvalue weighted by Gasteiger charge is -2.33. The molecule has 1 amide bonds. The molecular formula is C25H27NO9. The number of hydrogen-bond donors (Lipinski definition) is 1. The Bertz CT molecular complexity index is 1130. The summed E-state index contributed by atoms with van der Waals surface area (Å²) in [5.74, 6) is 0.573. The molecule has 0 saturated carbocycles. The summed E-state index contributed by atoms with van der Waals surface area (Å²) >= 11 is 0. The number of ketones is 1. The predicted octanol–water partition coefficient (Wildman–Crippen LogP) is 3.42. The van der Waals surface area contributed by atoms with E-state index in [4.69, 9.17) is 28.4 Å². The van der Waals surface area contributed by atoms with Crippen LogP contribution < -0.4 is 24.3 Å². The molecule has 186 valence electrons. The molecule has 4 rings (SSSR count). The number of ether oxygens (including phenoxy) is 6. The van der Waals surface area contributed by atoms with Gasteiger partial charge in [-0.2, -0.15) is 0 Å². The van der Waals surface area contributed by atoms with E-state index in [1.165, 1.54) is 14.2 Å². The monoisotopic (exact) mass is 485 g/mol. The summed E-state index contributed by atoms with van der Waals surface area (Å²) in [6, 6.07) is 8.92. The molecule has 0 fully saturated rings. The van der Waals surface area contributed by atoms with Gasteiger partial charge in [-0.1, -0.05) is 26.3 Å². The summed E-state index contributed by atoms with van der Waals surface area (Å²) in [6.45, 7) is 3.76. The zero-order valence-electron chi connectivity index (χ0n) is 19.9. The van der Waals surface area contributed by atoms with E-state index in [1.54, 1.807) is 43.3 Å². The van der Waals surface area contributed by atoms with Crippen molar-refractivity contribution in [3.63, 3.8) is 0 Å². The lowest BCUT2D eigenvalue weighted by Crippen LogP contribution is -2.49. The van der Waals surface area contributed by atoms with Crippen LogP contribution >= 0.6 is 0 Å². The zero-order valence-corrected chi connectivity index (χ0v) is 19.9. The fourth-order valence-corrected chi connectivity index (χ4v) is 3.94. The van der Waals surface area contributed by atoms with Gasteiger partial charge in [-0.25, -0.2) is 9.59 Å². The molecule has 2 aromatic carbocycles. The molecule has 10 nitrogen and oxygen atoms in total. The zero-order chi connectivity index (χ0) is 25.1. The van der Waals surface area contributed by atoms with Gasteiger partial charge >= 0.3 is 12.1 Å². The van der Waals surface area contributed by atoms with Crippen LogP contribution in [0.2, 0.25) is 0 Å².